The summed E-state index contributed by atoms with van der Waals surface area (Å²) < 4.78 is 0.929. The second-order valence-corrected chi connectivity index (χ2v) is 4.43. The van der Waals surface area contributed by atoms with Gasteiger partial charge in [0.25, 0.3) is 0 Å². The molecule has 0 fully saturated rings. The molecule has 0 bridgehead atoms. The topological polar surface area (TPSA) is 38.4 Å². The summed E-state index contributed by atoms with van der Waals surface area (Å²) >= 11 is 0. The Balaban J connectivity index is 2.81. The molecule has 2 atom stereocenters. The Hall–Kier alpha value is -0.670. The number of hydrogen-bond acceptors (Lipinski definition) is 2. The maximum atomic E-state index is 6.01. The van der Waals surface area contributed by atoms with Crippen LogP contribution in [0.25, 0.3) is 0 Å². The van der Waals surface area contributed by atoms with Gasteiger partial charge in [-0.05, 0) is 6.92 Å². The SMILES string of the molecule is CN=C(C)C1=CCC[N+](C)(C(C)N)C1. The van der Waals surface area contributed by atoms with Gasteiger partial charge < -0.3 is 4.48 Å². The highest BCUT2D eigenvalue weighted by Gasteiger charge is 2.30. The van der Waals surface area contributed by atoms with Gasteiger partial charge in [-0.1, -0.05) is 6.08 Å². The smallest absolute Gasteiger partial charge is 0.137 e. The van der Waals surface area contributed by atoms with Crippen LogP contribution in [0.5, 0.6) is 0 Å². The van der Waals surface area contributed by atoms with Gasteiger partial charge in [0.15, 0.2) is 0 Å². The highest BCUT2D eigenvalue weighted by molar-refractivity contribution is 5.98. The van der Waals surface area contributed by atoms with E-state index in [9.17, 15) is 0 Å². The monoisotopic (exact) mass is 196 g/mol. The lowest BCUT2D eigenvalue weighted by atomic mass is 10.0. The van der Waals surface area contributed by atoms with Crippen LogP contribution in [0.3, 0.4) is 0 Å². The predicted octanol–water partition coefficient (Wildman–Crippen LogP) is 1.16. The first-order valence-corrected chi connectivity index (χ1v) is 5.22. The Bertz CT molecular complexity index is 266. The molecule has 0 saturated heterocycles. The average Bonchev–Trinajstić information content (AvgIpc) is 2.16. The van der Waals surface area contributed by atoms with E-state index in [1.165, 1.54) is 5.57 Å². The van der Waals surface area contributed by atoms with Crippen LogP contribution in [0.1, 0.15) is 20.3 Å². The highest BCUT2D eigenvalue weighted by atomic mass is 15.4. The van der Waals surface area contributed by atoms with E-state index >= 15 is 0 Å². The standard InChI is InChI=1S/C11H22N3/c1-9(13-3)11-6-5-7-14(4,8-11)10(2)12/h6,10H,5,7-8,12H2,1-4H3/q+1. The second kappa shape index (κ2) is 4.24. The van der Waals surface area contributed by atoms with E-state index in [-0.39, 0.29) is 6.17 Å². The average molecular weight is 196 g/mol. The van der Waals surface area contributed by atoms with Crippen molar-refractivity contribution in [3.63, 3.8) is 0 Å². The molecule has 0 spiro atoms. The van der Waals surface area contributed by atoms with Crippen molar-refractivity contribution in [2.24, 2.45) is 10.7 Å². The molecule has 0 aromatic carbocycles. The largest absolute Gasteiger partial charge is 0.308 e. The normalized spacial score (nSPS) is 31.2. The van der Waals surface area contributed by atoms with E-state index < -0.39 is 0 Å². The molecule has 80 valence electrons. The van der Waals surface area contributed by atoms with Crippen molar-refractivity contribution < 1.29 is 4.48 Å². The second-order valence-electron chi connectivity index (χ2n) is 4.43. The minimum atomic E-state index is 0.198. The van der Waals surface area contributed by atoms with E-state index in [2.05, 4.69) is 32.0 Å². The molecule has 3 nitrogen and oxygen atoms in total. The fourth-order valence-electron chi connectivity index (χ4n) is 1.82. The van der Waals surface area contributed by atoms with Crippen LogP contribution in [0.4, 0.5) is 0 Å². The van der Waals surface area contributed by atoms with Gasteiger partial charge >= 0.3 is 0 Å². The van der Waals surface area contributed by atoms with Crippen molar-refractivity contribution in [3.8, 4) is 0 Å². The molecule has 1 aliphatic rings. The van der Waals surface area contributed by atoms with Gasteiger partial charge in [-0.2, -0.15) is 0 Å². The molecular weight excluding hydrogens is 174 g/mol. The van der Waals surface area contributed by atoms with E-state index in [1.807, 2.05) is 7.05 Å². The lowest BCUT2D eigenvalue weighted by Crippen LogP contribution is -2.58. The van der Waals surface area contributed by atoms with E-state index in [1.54, 1.807) is 0 Å². The molecule has 0 aromatic heterocycles. The van der Waals surface area contributed by atoms with Gasteiger partial charge in [-0.15, -0.1) is 0 Å². The molecule has 3 heteroatoms. The molecule has 1 heterocycles. The van der Waals surface area contributed by atoms with Crippen LogP contribution in [-0.2, 0) is 0 Å². The summed E-state index contributed by atoms with van der Waals surface area (Å²) in [5.41, 5.74) is 8.52. The number of rotatable bonds is 2. The van der Waals surface area contributed by atoms with E-state index in [4.69, 9.17) is 5.73 Å². The van der Waals surface area contributed by atoms with E-state index in [0.717, 1.165) is 29.7 Å². The summed E-state index contributed by atoms with van der Waals surface area (Å²) in [5.74, 6) is 0. The predicted molar refractivity (Wildman–Crippen MR) is 61.3 cm³/mol. The zero-order chi connectivity index (χ0) is 10.8. The van der Waals surface area contributed by atoms with Crippen molar-refractivity contribution in [3.05, 3.63) is 11.6 Å². The first-order valence-electron chi connectivity index (χ1n) is 5.22. The van der Waals surface area contributed by atoms with Crippen molar-refractivity contribution in [2.75, 3.05) is 27.2 Å². The molecule has 0 radical (unpaired) electrons. The summed E-state index contributed by atoms with van der Waals surface area (Å²) in [7, 11) is 4.07. The van der Waals surface area contributed by atoms with Gasteiger partial charge in [0, 0.05) is 31.7 Å². The van der Waals surface area contributed by atoms with Crippen LogP contribution < -0.4 is 5.73 Å². The highest BCUT2D eigenvalue weighted by Crippen LogP contribution is 2.19. The first kappa shape index (κ1) is 11.4. The first-order chi connectivity index (χ1) is 6.49. The Morgan fingerprint density at radius 1 is 1.64 bits per heavy atom. The molecule has 2 unspecified atom stereocenters. The molecule has 0 amide bonds. The van der Waals surface area contributed by atoms with Crippen LogP contribution >= 0.6 is 0 Å². The lowest BCUT2D eigenvalue weighted by molar-refractivity contribution is -0.927. The fourth-order valence-corrected chi connectivity index (χ4v) is 1.82. The Labute approximate surface area is 86.9 Å². The minimum Gasteiger partial charge on any atom is -0.308 e. The van der Waals surface area contributed by atoms with Crippen LogP contribution in [0.15, 0.2) is 16.6 Å². The molecule has 2 N–H and O–H groups in total. The van der Waals surface area contributed by atoms with Gasteiger partial charge in [0.1, 0.15) is 12.7 Å². The van der Waals surface area contributed by atoms with Crippen LogP contribution in [0, 0.1) is 0 Å². The number of nitrogens with zero attached hydrogens (tertiary/aromatic N) is 2. The third-order valence-corrected chi connectivity index (χ3v) is 3.35. The van der Waals surface area contributed by atoms with Gasteiger partial charge in [0.05, 0.1) is 13.6 Å². The molecule has 0 aromatic rings. The molecule has 1 rings (SSSR count). The molecule has 0 saturated carbocycles. The number of aliphatic imine (C=N–C) groups is 1. The van der Waals surface area contributed by atoms with Crippen molar-refractivity contribution in [1.29, 1.82) is 0 Å². The minimum absolute atomic E-state index is 0.198. The fraction of sp³-hybridized carbons (Fsp3) is 0.727. The number of nitrogens with two attached hydrogens (primary N) is 1. The van der Waals surface area contributed by atoms with Crippen molar-refractivity contribution >= 4 is 5.71 Å². The lowest BCUT2D eigenvalue weighted by Gasteiger charge is -2.40. The van der Waals surface area contributed by atoms with Gasteiger partial charge in [-0.25, -0.2) is 0 Å². The van der Waals surface area contributed by atoms with E-state index in [0.29, 0.717) is 0 Å². The Morgan fingerprint density at radius 3 is 2.79 bits per heavy atom. The molecule has 14 heavy (non-hydrogen) atoms. The molecular formula is C11H22N3+. The maximum Gasteiger partial charge on any atom is 0.137 e. The zero-order valence-corrected chi connectivity index (χ0v) is 9.75. The van der Waals surface area contributed by atoms with Gasteiger partial charge in [0.2, 0.25) is 0 Å². The van der Waals surface area contributed by atoms with Crippen molar-refractivity contribution in [2.45, 2.75) is 26.4 Å². The number of quaternary nitrogens is 1. The van der Waals surface area contributed by atoms with Crippen LogP contribution in [0.2, 0.25) is 0 Å². The third-order valence-electron chi connectivity index (χ3n) is 3.35. The molecule has 1 aliphatic heterocycles. The number of likely N-dealkylation sites (N-methyl/N-ethyl adjacent to an activating group) is 1. The number of hydrogen-bond donors (Lipinski definition) is 1. The quantitative estimate of drug-likeness (QED) is 0.522. The molecule has 0 aliphatic carbocycles. The zero-order valence-electron chi connectivity index (χ0n) is 9.75. The third kappa shape index (κ3) is 2.22. The Morgan fingerprint density at radius 2 is 2.29 bits per heavy atom. The summed E-state index contributed by atoms with van der Waals surface area (Å²) in [4.78, 5) is 4.23. The summed E-state index contributed by atoms with van der Waals surface area (Å²) in [6.07, 6.45) is 3.61. The maximum absolute atomic E-state index is 6.01. The summed E-state index contributed by atoms with van der Waals surface area (Å²) in [5, 5.41) is 0. The van der Waals surface area contributed by atoms with Crippen LogP contribution in [-0.4, -0.2) is 43.5 Å². The Kier molecular flexibility index (Phi) is 3.45. The summed E-state index contributed by atoms with van der Waals surface area (Å²) in [6.45, 7) is 6.31. The summed E-state index contributed by atoms with van der Waals surface area (Å²) in [6, 6.07) is 0. The van der Waals surface area contributed by atoms with Gasteiger partial charge in [-0.3, -0.25) is 10.7 Å². The van der Waals surface area contributed by atoms with Crippen molar-refractivity contribution in [1.82, 2.24) is 0 Å².